The van der Waals surface area contributed by atoms with Gasteiger partial charge < -0.3 is 5.11 Å². The Hall–Kier alpha value is -0.980. The van der Waals surface area contributed by atoms with Crippen LogP contribution < -0.4 is 0 Å². The maximum Gasteiger partial charge on any atom is 0.119 e. The maximum atomic E-state index is 9.57. The average Bonchev–Trinajstić information content (AvgIpc) is 2.41. The van der Waals surface area contributed by atoms with Crippen LogP contribution in [0.4, 0.5) is 0 Å². The number of phenols is 1. The van der Waals surface area contributed by atoms with Crippen LogP contribution in [0.25, 0.3) is 0 Å². The summed E-state index contributed by atoms with van der Waals surface area (Å²) in [6.07, 6.45) is 2.18. The molecule has 0 amide bonds. The summed E-state index contributed by atoms with van der Waals surface area (Å²) in [6.45, 7) is 4.36. The fourth-order valence-corrected chi connectivity index (χ4v) is 2.08. The molecule has 12 heavy (non-hydrogen) atoms. The summed E-state index contributed by atoms with van der Waals surface area (Å²) in [6, 6.07) is 3.82. The van der Waals surface area contributed by atoms with E-state index >= 15 is 0 Å². The summed E-state index contributed by atoms with van der Waals surface area (Å²) in [5, 5.41) is 9.57. The van der Waals surface area contributed by atoms with Crippen molar-refractivity contribution in [1.29, 1.82) is 0 Å². The zero-order valence-electron chi connectivity index (χ0n) is 7.59. The summed E-state index contributed by atoms with van der Waals surface area (Å²) >= 11 is 0. The number of fused-ring (bicyclic) bond motifs is 1. The molecule has 2 rings (SSSR count). The Kier molecular flexibility index (Phi) is 1.60. The second kappa shape index (κ2) is 2.51. The topological polar surface area (TPSA) is 20.2 Å². The fourth-order valence-electron chi connectivity index (χ4n) is 2.08. The van der Waals surface area contributed by atoms with Gasteiger partial charge in [0, 0.05) is 0 Å². The van der Waals surface area contributed by atoms with Crippen molar-refractivity contribution in [2.24, 2.45) is 5.92 Å². The van der Waals surface area contributed by atoms with Gasteiger partial charge in [0.15, 0.2) is 0 Å². The minimum Gasteiger partial charge on any atom is -0.508 e. The lowest BCUT2D eigenvalue weighted by Gasteiger charge is -2.04. The normalized spacial score (nSPS) is 21.0. The predicted molar refractivity (Wildman–Crippen MR) is 49.4 cm³/mol. The Balaban J connectivity index is 2.56. The number of aryl methyl sites for hydroxylation is 1. The molecule has 0 bridgehead atoms. The van der Waals surface area contributed by atoms with Crippen LogP contribution in [0, 0.1) is 12.8 Å². The van der Waals surface area contributed by atoms with Gasteiger partial charge in [-0.2, -0.15) is 0 Å². The van der Waals surface area contributed by atoms with Crippen LogP contribution in [-0.2, 0) is 12.8 Å². The van der Waals surface area contributed by atoms with Crippen LogP contribution in [0.15, 0.2) is 12.1 Å². The van der Waals surface area contributed by atoms with Crippen LogP contribution in [-0.4, -0.2) is 5.11 Å². The highest BCUT2D eigenvalue weighted by molar-refractivity contribution is 5.46. The third-order valence-electron chi connectivity index (χ3n) is 2.75. The van der Waals surface area contributed by atoms with Crippen LogP contribution in [0.2, 0.25) is 0 Å². The molecule has 1 atom stereocenters. The van der Waals surface area contributed by atoms with E-state index in [9.17, 15) is 5.11 Å². The van der Waals surface area contributed by atoms with Crippen molar-refractivity contribution in [2.45, 2.75) is 26.7 Å². The molecule has 0 radical (unpaired) electrons. The molecule has 0 fully saturated rings. The zero-order valence-corrected chi connectivity index (χ0v) is 7.59. The van der Waals surface area contributed by atoms with Gasteiger partial charge in [0.2, 0.25) is 0 Å². The second-order valence-corrected chi connectivity index (χ2v) is 3.87. The monoisotopic (exact) mass is 162 g/mol. The second-order valence-electron chi connectivity index (χ2n) is 3.87. The van der Waals surface area contributed by atoms with E-state index in [0.29, 0.717) is 11.7 Å². The molecule has 1 aromatic rings. The maximum absolute atomic E-state index is 9.57. The Morgan fingerprint density at radius 2 is 1.92 bits per heavy atom. The van der Waals surface area contributed by atoms with Gasteiger partial charge in [0.05, 0.1) is 0 Å². The lowest BCUT2D eigenvalue weighted by molar-refractivity contribution is 0.466. The zero-order chi connectivity index (χ0) is 8.72. The molecule has 1 aliphatic carbocycles. The summed E-state index contributed by atoms with van der Waals surface area (Å²) in [5.41, 5.74) is 3.89. The fraction of sp³-hybridized carbons (Fsp3) is 0.455. The van der Waals surface area contributed by atoms with E-state index in [1.165, 1.54) is 16.7 Å². The molecular weight excluding hydrogens is 148 g/mol. The first kappa shape index (κ1) is 7.66. The quantitative estimate of drug-likeness (QED) is 0.621. The van der Waals surface area contributed by atoms with E-state index in [0.717, 1.165) is 12.8 Å². The van der Waals surface area contributed by atoms with Gasteiger partial charge in [-0.3, -0.25) is 0 Å². The summed E-state index contributed by atoms with van der Waals surface area (Å²) in [7, 11) is 0. The lowest BCUT2D eigenvalue weighted by atomic mass is 10.0. The number of benzene rings is 1. The van der Waals surface area contributed by atoms with E-state index < -0.39 is 0 Å². The van der Waals surface area contributed by atoms with Gasteiger partial charge >= 0.3 is 0 Å². The SMILES string of the molecule is Cc1ccc(O)c2c1CC(C)C2. The van der Waals surface area contributed by atoms with E-state index in [1.807, 2.05) is 12.1 Å². The van der Waals surface area contributed by atoms with Gasteiger partial charge in [-0.1, -0.05) is 13.0 Å². The molecule has 0 saturated heterocycles. The number of hydrogen-bond acceptors (Lipinski definition) is 1. The van der Waals surface area contributed by atoms with E-state index in [-0.39, 0.29) is 0 Å². The van der Waals surface area contributed by atoms with Crippen molar-refractivity contribution in [3.8, 4) is 5.75 Å². The average molecular weight is 162 g/mol. The highest BCUT2D eigenvalue weighted by atomic mass is 16.3. The third kappa shape index (κ3) is 1.01. The van der Waals surface area contributed by atoms with Crippen LogP contribution in [0.3, 0.4) is 0 Å². The molecule has 1 aromatic carbocycles. The summed E-state index contributed by atoms with van der Waals surface area (Å²) < 4.78 is 0. The van der Waals surface area contributed by atoms with Crippen molar-refractivity contribution < 1.29 is 5.11 Å². The number of phenolic OH excluding ortho intramolecular Hbond substituents is 1. The van der Waals surface area contributed by atoms with Crippen molar-refractivity contribution in [3.05, 3.63) is 28.8 Å². The Labute approximate surface area is 73.0 Å². The van der Waals surface area contributed by atoms with Crippen molar-refractivity contribution >= 4 is 0 Å². The molecule has 1 aliphatic rings. The van der Waals surface area contributed by atoms with Gasteiger partial charge in [-0.05, 0) is 48.4 Å². The minimum absolute atomic E-state index is 0.486. The first-order valence-corrected chi connectivity index (χ1v) is 4.49. The highest BCUT2D eigenvalue weighted by Crippen LogP contribution is 2.34. The van der Waals surface area contributed by atoms with Crippen LogP contribution in [0.5, 0.6) is 5.75 Å². The highest BCUT2D eigenvalue weighted by Gasteiger charge is 2.21. The van der Waals surface area contributed by atoms with E-state index in [2.05, 4.69) is 13.8 Å². The smallest absolute Gasteiger partial charge is 0.119 e. The number of rotatable bonds is 0. The van der Waals surface area contributed by atoms with E-state index in [1.54, 1.807) is 0 Å². The molecule has 1 nitrogen and oxygen atoms in total. The number of aromatic hydroxyl groups is 1. The summed E-state index contributed by atoms with van der Waals surface area (Å²) in [4.78, 5) is 0. The molecule has 0 heterocycles. The standard InChI is InChI=1S/C11H14O/c1-7-5-9-8(2)3-4-11(12)10(9)6-7/h3-4,7,12H,5-6H2,1-2H3. The van der Waals surface area contributed by atoms with Crippen molar-refractivity contribution in [2.75, 3.05) is 0 Å². The Morgan fingerprint density at radius 1 is 1.25 bits per heavy atom. The van der Waals surface area contributed by atoms with Gasteiger partial charge in [0.25, 0.3) is 0 Å². The molecule has 0 aliphatic heterocycles. The Bertz CT molecular complexity index is 284. The molecule has 0 aromatic heterocycles. The largest absolute Gasteiger partial charge is 0.508 e. The predicted octanol–water partition coefficient (Wildman–Crippen LogP) is 2.44. The molecule has 1 N–H and O–H groups in total. The van der Waals surface area contributed by atoms with E-state index in [4.69, 9.17) is 0 Å². The number of hydrogen-bond donors (Lipinski definition) is 1. The van der Waals surface area contributed by atoms with Gasteiger partial charge in [-0.15, -0.1) is 0 Å². The third-order valence-corrected chi connectivity index (χ3v) is 2.75. The van der Waals surface area contributed by atoms with Crippen LogP contribution >= 0.6 is 0 Å². The lowest BCUT2D eigenvalue weighted by Crippen LogP contribution is -1.90. The molecule has 0 saturated carbocycles. The van der Waals surface area contributed by atoms with Crippen molar-refractivity contribution in [3.63, 3.8) is 0 Å². The first-order chi connectivity index (χ1) is 5.68. The first-order valence-electron chi connectivity index (χ1n) is 4.49. The van der Waals surface area contributed by atoms with Crippen LogP contribution in [0.1, 0.15) is 23.6 Å². The van der Waals surface area contributed by atoms with Gasteiger partial charge in [0.1, 0.15) is 5.75 Å². The summed E-state index contributed by atoms with van der Waals surface area (Å²) in [5.74, 6) is 1.19. The molecule has 1 unspecified atom stereocenters. The Morgan fingerprint density at radius 3 is 2.58 bits per heavy atom. The molecule has 64 valence electrons. The molecule has 0 spiro atoms. The minimum atomic E-state index is 0.486. The van der Waals surface area contributed by atoms with Gasteiger partial charge in [-0.25, -0.2) is 0 Å². The molecular formula is C11H14O. The molecule has 1 heteroatoms. The van der Waals surface area contributed by atoms with Crippen molar-refractivity contribution in [1.82, 2.24) is 0 Å².